The monoisotopic (exact) mass is 269 g/mol. The van der Waals surface area contributed by atoms with Crippen LogP contribution in [0.3, 0.4) is 0 Å². The summed E-state index contributed by atoms with van der Waals surface area (Å²) in [5.41, 5.74) is 11.7. The van der Waals surface area contributed by atoms with Crippen molar-refractivity contribution >= 4 is 0 Å². The van der Waals surface area contributed by atoms with Gasteiger partial charge in [-0.25, -0.2) is 0 Å². The Bertz CT molecular complexity index is 531. The Morgan fingerprint density at radius 3 is 2.45 bits per heavy atom. The van der Waals surface area contributed by atoms with E-state index >= 15 is 0 Å². The van der Waals surface area contributed by atoms with E-state index in [0.717, 1.165) is 18.4 Å². The third-order valence-corrected chi connectivity index (χ3v) is 6.58. The highest BCUT2D eigenvalue weighted by Crippen LogP contribution is 2.65. The number of benzene rings is 1. The van der Waals surface area contributed by atoms with E-state index in [1.54, 1.807) is 5.56 Å². The molecule has 4 aliphatic carbocycles. The van der Waals surface area contributed by atoms with Crippen molar-refractivity contribution in [2.24, 2.45) is 23.0 Å². The van der Waals surface area contributed by atoms with E-state index in [-0.39, 0.29) is 0 Å². The summed E-state index contributed by atoms with van der Waals surface area (Å²) in [5.74, 6) is 1.89. The van der Waals surface area contributed by atoms with Crippen molar-refractivity contribution in [3.05, 3.63) is 34.9 Å². The summed E-state index contributed by atoms with van der Waals surface area (Å²) in [7, 11) is 0. The second-order valence-electron chi connectivity index (χ2n) is 8.26. The van der Waals surface area contributed by atoms with E-state index in [2.05, 4.69) is 32.0 Å². The lowest BCUT2D eigenvalue weighted by molar-refractivity contribution is -0.0669. The molecule has 2 atom stereocenters. The molecule has 108 valence electrons. The molecule has 2 N–H and O–H groups in total. The van der Waals surface area contributed by atoms with Gasteiger partial charge in [-0.15, -0.1) is 0 Å². The van der Waals surface area contributed by atoms with Crippen molar-refractivity contribution in [3.8, 4) is 0 Å². The van der Waals surface area contributed by atoms with Crippen LogP contribution in [0.1, 0.15) is 55.2 Å². The minimum Gasteiger partial charge on any atom is -0.330 e. The zero-order chi connectivity index (χ0) is 14.0. The summed E-state index contributed by atoms with van der Waals surface area (Å²) in [4.78, 5) is 0. The summed E-state index contributed by atoms with van der Waals surface area (Å²) < 4.78 is 0. The number of aryl methyl sites for hydroxylation is 2. The van der Waals surface area contributed by atoms with E-state index in [1.807, 2.05) is 0 Å². The summed E-state index contributed by atoms with van der Waals surface area (Å²) in [6.07, 6.45) is 8.51. The highest BCUT2D eigenvalue weighted by molar-refractivity contribution is 5.39. The number of hydrogen-bond donors (Lipinski definition) is 1. The smallest absolute Gasteiger partial charge is 0.00200 e. The van der Waals surface area contributed by atoms with E-state index in [1.165, 1.54) is 49.7 Å². The van der Waals surface area contributed by atoms with Crippen LogP contribution in [0, 0.1) is 31.1 Å². The van der Waals surface area contributed by atoms with Gasteiger partial charge in [0.25, 0.3) is 0 Å². The maximum Gasteiger partial charge on any atom is -0.00200 e. The summed E-state index contributed by atoms with van der Waals surface area (Å²) >= 11 is 0. The first kappa shape index (κ1) is 12.9. The van der Waals surface area contributed by atoms with E-state index in [4.69, 9.17) is 5.73 Å². The molecule has 4 aliphatic rings. The van der Waals surface area contributed by atoms with Crippen molar-refractivity contribution in [2.45, 2.75) is 57.8 Å². The molecule has 0 aliphatic heterocycles. The molecular formula is C19H27N. The Kier molecular flexibility index (Phi) is 2.64. The molecule has 0 aromatic heterocycles. The maximum atomic E-state index is 6.23. The average molecular weight is 269 g/mol. The van der Waals surface area contributed by atoms with Crippen LogP contribution >= 0.6 is 0 Å². The van der Waals surface area contributed by atoms with Crippen LogP contribution < -0.4 is 5.73 Å². The van der Waals surface area contributed by atoms with Gasteiger partial charge in [0.2, 0.25) is 0 Å². The molecule has 1 aromatic rings. The predicted molar refractivity (Wildman–Crippen MR) is 83.8 cm³/mol. The minimum absolute atomic E-state index is 0.458. The zero-order valence-electron chi connectivity index (χ0n) is 12.9. The SMILES string of the molecule is Cc1ccc(C)c(C23CC4CC(CC(CN)(C4)C2)C3)c1. The molecule has 4 bridgehead atoms. The molecule has 1 nitrogen and oxygen atoms in total. The highest BCUT2D eigenvalue weighted by Gasteiger charge is 2.57. The minimum atomic E-state index is 0.458. The first-order valence-corrected chi connectivity index (χ1v) is 8.32. The molecule has 0 saturated heterocycles. The maximum absolute atomic E-state index is 6.23. The van der Waals surface area contributed by atoms with Gasteiger partial charge in [0, 0.05) is 0 Å². The van der Waals surface area contributed by atoms with Gasteiger partial charge in [-0.3, -0.25) is 0 Å². The fraction of sp³-hybridized carbons (Fsp3) is 0.684. The fourth-order valence-electron chi connectivity index (χ4n) is 6.31. The van der Waals surface area contributed by atoms with Crippen LogP contribution in [0.4, 0.5) is 0 Å². The van der Waals surface area contributed by atoms with Gasteiger partial charge in [-0.2, -0.15) is 0 Å². The second kappa shape index (κ2) is 4.10. The second-order valence-corrected chi connectivity index (χ2v) is 8.26. The third kappa shape index (κ3) is 1.72. The van der Waals surface area contributed by atoms with Gasteiger partial charge in [0.15, 0.2) is 0 Å². The van der Waals surface area contributed by atoms with Gasteiger partial charge >= 0.3 is 0 Å². The normalized spacial score (nSPS) is 42.1. The van der Waals surface area contributed by atoms with Gasteiger partial charge < -0.3 is 5.73 Å². The van der Waals surface area contributed by atoms with Crippen LogP contribution in [0.25, 0.3) is 0 Å². The quantitative estimate of drug-likeness (QED) is 0.859. The molecule has 0 spiro atoms. The number of nitrogens with two attached hydrogens (primary N) is 1. The van der Waals surface area contributed by atoms with Crippen LogP contribution in [-0.4, -0.2) is 6.54 Å². The Balaban J connectivity index is 1.82. The Labute approximate surface area is 122 Å². The standard InChI is InChI=1S/C19H27N/c1-13-3-4-14(2)17(5-13)19-9-15-6-16(10-19)8-18(7-15,11-19)12-20/h3-5,15-16H,6-12,20H2,1-2H3. The van der Waals surface area contributed by atoms with Crippen molar-refractivity contribution in [1.82, 2.24) is 0 Å². The molecule has 20 heavy (non-hydrogen) atoms. The van der Waals surface area contributed by atoms with Gasteiger partial charge in [-0.05, 0) is 92.7 Å². The first-order valence-electron chi connectivity index (χ1n) is 8.32. The van der Waals surface area contributed by atoms with Crippen LogP contribution in [-0.2, 0) is 5.41 Å². The topological polar surface area (TPSA) is 26.0 Å². The molecule has 2 unspecified atom stereocenters. The molecule has 4 fully saturated rings. The molecular weight excluding hydrogens is 242 g/mol. The lowest BCUT2D eigenvalue weighted by Crippen LogP contribution is -2.56. The lowest BCUT2D eigenvalue weighted by Gasteiger charge is -2.62. The van der Waals surface area contributed by atoms with Crippen LogP contribution in [0.2, 0.25) is 0 Å². The van der Waals surface area contributed by atoms with E-state index in [9.17, 15) is 0 Å². The summed E-state index contributed by atoms with van der Waals surface area (Å²) in [6, 6.07) is 7.07. The predicted octanol–water partition coefficient (Wildman–Crippen LogP) is 4.10. The molecule has 0 radical (unpaired) electrons. The van der Waals surface area contributed by atoms with E-state index < -0.39 is 0 Å². The lowest BCUT2D eigenvalue weighted by atomic mass is 9.42. The number of rotatable bonds is 2. The molecule has 4 saturated carbocycles. The molecule has 0 amide bonds. The highest BCUT2D eigenvalue weighted by atomic mass is 14.7. The Morgan fingerprint density at radius 1 is 1.10 bits per heavy atom. The van der Waals surface area contributed by atoms with Gasteiger partial charge in [0.05, 0.1) is 0 Å². The largest absolute Gasteiger partial charge is 0.330 e. The Hall–Kier alpha value is -0.820. The van der Waals surface area contributed by atoms with Crippen molar-refractivity contribution < 1.29 is 0 Å². The zero-order valence-corrected chi connectivity index (χ0v) is 12.9. The molecule has 1 heteroatoms. The summed E-state index contributed by atoms with van der Waals surface area (Å²) in [6.45, 7) is 5.46. The van der Waals surface area contributed by atoms with Crippen LogP contribution in [0.15, 0.2) is 18.2 Å². The summed E-state index contributed by atoms with van der Waals surface area (Å²) in [5, 5.41) is 0. The fourth-order valence-corrected chi connectivity index (χ4v) is 6.31. The first-order chi connectivity index (χ1) is 9.54. The average Bonchev–Trinajstić information content (AvgIpc) is 2.40. The van der Waals surface area contributed by atoms with Gasteiger partial charge in [-0.1, -0.05) is 23.8 Å². The van der Waals surface area contributed by atoms with Crippen molar-refractivity contribution in [3.63, 3.8) is 0 Å². The molecule has 5 rings (SSSR count). The van der Waals surface area contributed by atoms with Crippen molar-refractivity contribution in [2.75, 3.05) is 6.54 Å². The van der Waals surface area contributed by atoms with E-state index in [0.29, 0.717) is 10.8 Å². The molecule has 0 heterocycles. The van der Waals surface area contributed by atoms with Crippen LogP contribution in [0.5, 0.6) is 0 Å². The number of hydrogen-bond acceptors (Lipinski definition) is 1. The van der Waals surface area contributed by atoms with Gasteiger partial charge in [0.1, 0.15) is 0 Å². The third-order valence-electron chi connectivity index (χ3n) is 6.58. The molecule has 1 aromatic carbocycles. The Morgan fingerprint density at radius 2 is 1.80 bits per heavy atom. The van der Waals surface area contributed by atoms with Crippen molar-refractivity contribution in [1.29, 1.82) is 0 Å².